The van der Waals surface area contributed by atoms with E-state index in [1.165, 1.54) is 9.75 Å². The number of rotatable bonds is 8. The third-order valence-electron chi connectivity index (χ3n) is 3.54. The van der Waals surface area contributed by atoms with E-state index in [1.54, 1.807) is 11.3 Å². The minimum atomic E-state index is -1.00. The molecule has 0 spiro atoms. The zero-order valence-electron chi connectivity index (χ0n) is 13.1. The lowest BCUT2D eigenvalue weighted by Crippen LogP contribution is -2.42. The van der Waals surface area contributed by atoms with Crippen molar-refractivity contribution in [2.24, 2.45) is 0 Å². The highest BCUT2D eigenvalue weighted by Crippen LogP contribution is 2.17. The number of benzene rings is 1. The molecule has 0 aliphatic rings. The van der Waals surface area contributed by atoms with Crippen LogP contribution in [0.1, 0.15) is 28.2 Å². The molecule has 1 heterocycles. The Labute approximate surface area is 140 Å². The predicted octanol–water partition coefficient (Wildman–Crippen LogP) is 3.19. The normalized spacial score (nSPS) is 11.9. The van der Waals surface area contributed by atoms with Gasteiger partial charge in [0.1, 0.15) is 6.04 Å². The average Bonchev–Trinajstić information content (AvgIpc) is 2.93. The van der Waals surface area contributed by atoms with E-state index in [0.29, 0.717) is 12.8 Å². The molecule has 0 unspecified atom stereocenters. The maximum absolute atomic E-state index is 12.0. The summed E-state index contributed by atoms with van der Waals surface area (Å²) < 4.78 is 0. The number of aryl methyl sites for hydroxylation is 2. The number of aliphatic carboxylic acids is 1. The van der Waals surface area contributed by atoms with Gasteiger partial charge in [0, 0.05) is 22.6 Å². The molecule has 1 aromatic carbocycles. The lowest BCUT2D eigenvalue weighted by molar-refractivity contribution is -0.141. The smallest absolute Gasteiger partial charge is 0.326 e. The van der Waals surface area contributed by atoms with Crippen LogP contribution in [0.15, 0.2) is 42.5 Å². The van der Waals surface area contributed by atoms with Crippen molar-refractivity contribution in [1.29, 1.82) is 0 Å². The van der Waals surface area contributed by atoms with Gasteiger partial charge in [-0.25, -0.2) is 4.79 Å². The Morgan fingerprint density at radius 3 is 2.52 bits per heavy atom. The molecular formula is C18H21NO3S. The Balaban J connectivity index is 1.79. The van der Waals surface area contributed by atoms with Crippen molar-refractivity contribution in [3.05, 3.63) is 57.8 Å². The van der Waals surface area contributed by atoms with Crippen molar-refractivity contribution in [3.63, 3.8) is 0 Å². The molecule has 0 fully saturated rings. The Bertz CT molecular complexity index is 651. The second kappa shape index (κ2) is 8.48. The molecule has 0 aliphatic carbocycles. The maximum Gasteiger partial charge on any atom is 0.326 e. The van der Waals surface area contributed by atoms with Gasteiger partial charge >= 0.3 is 5.97 Å². The molecule has 1 amide bonds. The van der Waals surface area contributed by atoms with E-state index in [1.807, 2.05) is 30.3 Å². The summed E-state index contributed by atoms with van der Waals surface area (Å²) in [5, 5.41) is 11.9. The highest BCUT2D eigenvalue weighted by atomic mass is 32.1. The zero-order chi connectivity index (χ0) is 16.7. The van der Waals surface area contributed by atoms with Gasteiger partial charge in [0.15, 0.2) is 0 Å². The van der Waals surface area contributed by atoms with Gasteiger partial charge in [-0.05, 0) is 37.5 Å². The first-order valence-corrected chi connectivity index (χ1v) is 8.47. The van der Waals surface area contributed by atoms with Crippen LogP contribution >= 0.6 is 11.3 Å². The minimum Gasteiger partial charge on any atom is -0.480 e. The SMILES string of the molecule is Cc1ccc(CCCC(=O)N[C@H](Cc2ccccc2)C(=O)O)s1. The van der Waals surface area contributed by atoms with Crippen molar-refractivity contribution >= 4 is 23.2 Å². The van der Waals surface area contributed by atoms with Gasteiger partial charge in [-0.2, -0.15) is 0 Å². The lowest BCUT2D eigenvalue weighted by atomic mass is 10.1. The maximum atomic E-state index is 12.0. The second-order valence-corrected chi connectivity index (χ2v) is 6.89. The van der Waals surface area contributed by atoms with Crippen LogP contribution in [0, 0.1) is 6.92 Å². The fraction of sp³-hybridized carbons (Fsp3) is 0.333. The lowest BCUT2D eigenvalue weighted by Gasteiger charge is -2.14. The minimum absolute atomic E-state index is 0.207. The number of carbonyl (C=O) groups is 2. The van der Waals surface area contributed by atoms with Crippen molar-refractivity contribution in [1.82, 2.24) is 5.32 Å². The molecule has 0 radical (unpaired) electrons. The average molecular weight is 331 g/mol. The van der Waals surface area contributed by atoms with Gasteiger partial charge in [-0.1, -0.05) is 30.3 Å². The molecule has 2 aromatic rings. The molecule has 0 saturated carbocycles. The van der Waals surface area contributed by atoms with Crippen LogP contribution < -0.4 is 5.32 Å². The Morgan fingerprint density at radius 2 is 1.91 bits per heavy atom. The van der Waals surface area contributed by atoms with Gasteiger partial charge in [0.25, 0.3) is 0 Å². The number of hydrogen-bond donors (Lipinski definition) is 2. The van der Waals surface area contributed by atoms with E-state index in [2.05, 4.69) is 24.4 Å². The molecule has 2 N–H and O–H groups in total. The molecule has 0 saturated heterocycles. The first kappa shape index (κ1) is 17.2. The molecule has 2 rings (SSSR count). The number of thiophene rings is 1. The van der Waals surface area contributed by atoms with E-state index in [4.69, 9.17) is 0 Å². The van der Waals surface area contributed by atoms with Crippen LogP contribution in [0.4, 0.5) is 0 Å². The standard InChI is InChI=1S/C18H21NO3S/c1-13-10-11-15(23-13)8-5-9-17(20)19-16(18(21)22)12-14-6-3-2-4-7-14/h2-4,6-7,10-11,16H,5,8-9,12H2,1H3,(H,19,20)(H,21,22)/t16-/m1/s1. The summed E-state index contributed by atoms with van der Waals surface area (Å²) in [7, 11) is 0. The van der Waals surface area contributed by atoms with Crippen molar-refractivity contribution in [2.75, 3.05) is 0 Å². The predicted molar refractivity (Wildman–Crippen MR) is 91.7 cm³/mol. The molecule has 0 aliphatic heterocycles. The number of nitrogens with one attached hydrogen (secondary N) is 1. The summed E-state index contributed by atoms with van der Waals surface area (Å²) in [5.41, 5.74) is 0.897. The number of carboxylic acids is 1. The molecule has 5 heteroatoms. The second-order valence-electron chi connectivity index (χ2n) is 5.51. The van der Waals surface area contributed by atoms with Crippen molar-refractivity contribution in [2.45, 2.75) is 38.6 Å². The van der Waals surface area contributed by atoms with Crippen LogP contribution in [0.5, 0.6) is 0 Å². The van der Waals surface area contributed by atoms with Crippen LogP contribution in [0.3, 0.4) is 0 Å². The van der Waals surface area contributed by atoms with Crippen molar-refractivity contribution in [3.8, 4) is 0 Å². The summed E-state index contributed by atoms with van der Waals surface area (Å²) in [6.45, 7) is 2.06. The molecule has 4 nitrogen and oxygen atoms in total. The highest BCUT2D eigenvalue weighted by molar-refractivity contribution is 7.11. The van der Waals surface area contributed by atoms with E-state index in [0.717, 1.165) is 18.4 Å². The van der Waals surface area contributed by atoms with E-state index in [9.17, 15) is 14.7 Å². The van der Waals surface area contributed by atoms with E-state index < -0.39 is 12.0 Å². The van der Waals surface area contributed by atoms with Gasteiger partial charge in [0.2, 0.25) is 5.91 Å². The van der Waals surface area contributed by atoms with Crippen molar-refractivity contribution < 1.29 is 14.7 Å². The summed E-state index contributed by atoms with van der Waals surface area (Å²) >= 11 is 1.73. The number of carbonyl (C=O) groups excluding carboxylic acids is 1. The number of carboxylic acid groups (broad SMARTS) is 1. The largest absolute Gasteiger partial charge is 0.480 e. The number of hydrogen-bond acceptors (Lipinski definition) is 3. The Morgan fingerprint density at radius 1 is 1.17 bits per heavy atom. The molecule has 122 valence electrons. The molecule has 1 atom stereocenters. The van der Waals surface area contributed by atoms with Gasteiger partial charge < -0.3 is 10.4 Å². The van der Waals surface area contributed by atoms with Crippen LogP contribution in [-0.2, 0) is 22.4 Å². The first-order chi connectivity index (χ1) is 11.0. The van der Waals surface area contributed by atoms with Crippen LogP contribution in [0.2, 0.25) is 0 Å². The third kappa shape index (κ3) is 5.87. The molecule has 1 aromatic heterocycles. The number of amides is 1. The zero-order valence-corrected chi connectivity index (χ0v) is 13.9. The molecule has 0 bridgehead atoms. The fourth-order valence-electron chi connectivity index (χ4n) is 2.36. The van der Waals surface area contributed by atoms with Gasteiger partial charge in [-0.3, -0.25) is 4.79 Å². The topological polar surface area (TPSA) is 66.4 Å². The molecule has 23 heavy (non-hydrogen) atoms. The summed E-state index contributed by atoms with van der Waals surface area (Å²) in [5.74, 6) is -1.21. The highest BCUT2D eigenvalue weighted by Gasteiger charge is 2.20. The van der Waals surface area contributed by atoms with E-state index in [-0.39, 0.29) is 5.91 Å². The summed E-state index contributed by atoms with van der Waals surface area (Å²) in [6.07, 6.45) is 2.22. The van der Waals surface area contributed by atoms with E-state index >= 15 is 0 Å². The summed E-state index contributed by atoms with van der Waals surface area (Å²) in [4.78, 5) is 25.8. The quantitative estimate of drug-likeness (QED) is 0.781. The van der Waals surface area contributed by atoms with Crippen LogP contribution in [-0.4, -0.2) is 23.0 Å². The van der Waals surface area contributed by atoms with Gasteiger partial charge in [0.05, 0.1) is 0 Å². The summed E-state index contributed by atoms with van der Waals surface area (Å²) in [6, 6.07) is 12.6. The van der Waals surface area contributed by atoms with Crippen LogP contribution in [0.25, 0.3) is 0 Å². The third-order valence-corrected chi connectivity index (χ3v) is 4.60. The molecular weight excluding hydrogens is 310 g/mol. The first-order valence-electron chi connectivity index (χ1n) is 7.66. The Kier molecular flexibility index (Phi) is 6.35. The fourth-order valence-corrected chi connectivity index (χ4v) is 3.29. The van der Waals surface area contributed by atoms with Gasteiger partial charge in [-0.15, -0.1) is 11.3 Å². The Hall–Kier alpha value is -2.14. The monoisotopic (exact) mass is 331 g/mol.